The molecule has 2 heterocycles. The van der Waals surface area contributed by atoms with Crippen molar-refractivity contribution >= 4 is 38.6 Å². The molecule has 0 saturated carbocycles. The fraction of sp³-hybridized carbons (Fsp3) is 0.273. The van der Waals surface area contributed by atoms with Crippen LogP contribution in [0.25, 0.3) is 10.6 Å². The Bertz CT molecular complexity index is 1220. The molecule has 9 heteroatoms. The number of sulfonamides is 1. The maximum absolute atomic E-state index is 12.7. The van der Waals surface area contributed by atoms with E-state index in [0.29, 0.717) is 24.6 Å². The van der Waals surface area contributed by atoms with Crippen LogP contribution in [0.1, 0.15) is 42.2 Å². The van der Waals surface area contributed by atoms with Crippen LogP contribution in [-0.4, -0.2) is 36.7 Å². The van der Waals surface area contributed by atoms with Crippen molar-refractivity contribution in [1.82, 2.24) is 4.98 Å². The summed E-state index contributed by atoms with van der Waals surface area (Å²) in [6.45, 7) is 4.64. The molecule has 0 unspecified atom stereocenters. The number of benzene rings is 2. The molecule has 1 aromatic heterocycles. The normalized spacial score (nSPS) is 15.4. The quantitative estimate of drug-likeness (QED) is 0.552. The summed E-state index contributed by atoms with van der Waals surface area (Å²) in [6.07, 6.45) is 0.546. The zero-order chi connectivity index (χ0) is 22.2. The number of carbonyl (C=O) groups is 1. The second kappa shape index (κ2) is 8.32. The summed E-state index contributed by atoms with van der Waals surface area (Å²) in [6, 6.07) is 12.4. The Kier molecular flexibility index (Phi) is 5.72. The van der Waals surface area contributed by atoms with Gasteiger partial charge in [-0.25, -0.2) is 13.4 Å². The van der Waals surface area contributed by atoms with Gasteiger partial charge in [0.05, 0.1) is 17.1 Å². The Labute approximate surface area is 185 Å². The molecule has 1 aliphatic heterocycles. The molecule has 2 aromatic carbocycles. The molecule has 7 nitrogen and oxygen atoms in total. The first kappa shape index (κ1) is 21.3. The molecule has 1 aliphatic rings. The van der Waals surface area contributed by atoms with Gasteiger partial charge in [0, 0.05) is 17.5 Å². The zero-order valence-corrected chi connectivity index (χ0v) is 18.8. The molecule has 0 radical (unpaired) electrons. The van der Waals surface area contributed by atoms with Gasteiger partial charge in [-0.1, -0.05) is 38.1 Å². The third-order valence-electron chi connectivity index (χ3n) is 5.18. The molecular formula is C22H23N3O4S2. The standard InChI is InChI=1S/C22H23N3O4S2/c1-14(2)15-4-6-16(7-5-15)22-24-19(13-30-22)21(27)23-18-12-17(8-9-20(18)26)25-10-3-11-31(25,28)29/h4-9,12-14,26H,3,10-11H2,1-2H3,(H,23,27). The van der Waals surface area contributed by atoms with Crippen LogP contribution >= 0.6 is 11.3 Å². The van der Waals surface area contributed by atoms with E-state index in [1.165, 1.54) is 39.4 Å². The average molecular weight is 458 g/mol. The first-order valence-electron chi connectivity index (χ1n) is 9.95. The molecule has 0 bridgehead atoms. The van der Waals surface area contributed by atoms with Crippen molar-refractivity contribution in [3.05, 3.63) is 59.1 Å². The number of nitrogens with one attached hydrogen (secondary N) is 1. The predicted molar refractivity (Wildman–Crippen MR) is 123 cm³/mol. The van der Waals surface area contributed by atoms with Gasteiger partial charge in [0.2, 0.25) is 10.0 Å². The summed E-state index contributed by atoms with van der Waals surface area (Å²) in [4.78, 5) is 17.1. The first-order chi connectivity index (χ1) is 14.7. The number of aromatic nitrogens is 1. The minimum absolute atomic E-state index is 0.0926. The second-order valence-corrected chi connectivity index (χ2v) is 10.6. The molecule has 0 spiro atoms. The lowest BCUT2D eigenvalue weighted by molar-refractivity contribution is 0.102. The fourth-order valence-electron chi connectivity index (χ4n) is 3.42. The summed E-state index contributed by atoms with van der Waals surface area (Å²) in [5.74, 6) is -0.0906. The van der Waals surface area contributed by atoms with Gasteiger partial charge >= 0.3 is 0 Å². The van der Waals surface area contributed by atoms with Crippen LogP contribution in [-0.2, 0) is 10.0 Å². The first-order valence-corrected chi connectivity index (χ1v) is 12.4. The minimum Gasteiger partial charge on any atom is -0.506 e. The van der Waals surface area contributed by atoms with Gasteiger partial charge in [-0.3, -0.25) is 9.10 Å². The topological polar surface area (TPSA) is 99.6 Å². The number of phenolic OH excluding ortho intramolecular Hbond substituents is 1. The highest BCUT2D eigenvalue weighted by atomic mass is 32.2. The van der Waals surface area contributed by atoms with Gasteiger partial charge in [0.25, 0.3) is 5.91 Å². The summed E-state index contributed by atoms with van der Waals surface area (Å²) in [5.41, 5.74) is 2.94. The van der Waals surface area contributed by atoms with Crippen LogP contribution in [0.3, 0.4) is 0 Å². The fourth-order valence-corrected chi connectivity index (χ4v) is 5.78. The molecule has 3 aromatic rings. The van der Waals surface area contributed by atoms with Crippen LogP contribution < -0.4 is 9.62 Å². The van der Waals surface area contributed by atoms with E-state index in [4.69, 9.17) is 0 Å². The SMILES string of the molecule is CC(C)c1ccc(-c2nc(C(=O)Nc3cc(N4CCCS4(=O)=O)ccc3O)cs2)cc1. The van der Waals surface area contributed by atoms with Gasteiger partial charge < -0.3 is 10.4 Å². The van der Waals surface area contributed by atoms with E-state index in [1.54, 1.807) is 5.38 Å². The number of phenols is 1. The summed E-state index contributed by atoms with van der Waals surface area (Å²) in [5, 5.41) is 15.2. The van der Waals surface area contributed by atoms with E-state index >= 15 is 0 Å². The van der Waals surface area contributed by atoms with E-state index in [9.17, 15) is 18.3 Å². The van der Waals surface area contributed by atoms with E-state index in [0.717, 1.165) is 10.6 Å². The maximum Gasteiger partial charge on any atom is 0.275 e. The Morgan fingerprint density at radius 1 is 1.19 bits per heavy atom. The molecule has 2 N–H and O–H groups in total. The molecule has 1 saturated heterocycles. The lowest BCUT2D eigenvalue weighted by Crippen LogP contribution is -2.25. The molecule has 4 rings (SSSR count). The maximum atomic E-state index is 12.7. The number of hydrogen-bond donors (Lipinski definition) is 2. The van der Waals surface area contributed by atoms with E-state index < -0.39 is 15.9 Å². The smallest absolute Gasteiger partial charge is 0.275 e. The van der Waals surface area contributed by atoms with Gasteiger partial charge in [0.1, 0.15) is 16.5 Å². The highest BCUT2D eigenvalue weighted by Gasteiger charge is 2.29. The van der Waals surface area contributed by atoms with Crippen LogP contribution in [0.4, 0.5) is 11.4 Å². The minimum atomic E-state index is -3.36. The second-order valence-electron chi connectivity index (χ2n) is 7.71. The van der Waals surface area contributed by atoms with Crippen LogP contribution in [0.15, 0.2) is 47.8 Å². The number of anilines is 2. The zero-order valence-electron chi connectivity index (χ0n) is 17.2. The Morgan fingerprint density at radius 2 is 1.94 bits per heavy atom. The summed E-state index contributed by atoms with van der Waals surface area (Å²) in [7, 11) is -3.36. The molecule has 0 aliphatic carbocycles. The van der Waals surface area contributed by atoms with Crippen molar-refractivity contribution in [2.45, 2.75) is 26.2 Å². The van der Waals surface area contributed by atoms with E-state index in [2.05, 4.69) is 36.3 Å². The lowest BCUT2D eigenvalue weighted by atomic mass is 10.0. The molecular weight excluding hydrogens is 434 g/mol. The highest BCUT2D eigenvalue weighted by molar-refractivity contribution is 7.93. The number of nitrogens with zero attached hydrogens (tertiary/aromatic N) is 2. The Hall–Kier alpha value is -2.91. The Balaban J connectivity index is 1.53. The number of rotatable bonds is 5. The van der Waals surface area contributed by atoms with Crippen molar-refractivity contribution < 1.29 is 18.3 Å². The molecule has 1 amide bonds. The van der Waals surface area contributed by atoms with Crippen molar-refractivity contribution in [2.75, 3.05) is 21.9 Å². The van der Waals surface area contributed by atoms with Crippen LogP contribution in [0.5, 0.6) is 5.75 Å². The van der Waals surface area contributed by atoms with Crippen LogP contribution in [0.2, 0.25) is 0 Å². The molecule has 0 atom stereocenters. The molecule has 1 fully saturated rings. The predicted octanol–water partition coefficient (Wildman–Crippen LogP) is 4.43. The number of amides is 1. The summed E-state index contributed by atoms with van der Waals surface area (Å²) >= 11 is 1.36. The van der Waals surface area contributed by atoms with Gasteiger partial charge in [-0.15, -0.1) is 11.3 Å². The van der Waals surface area contributed by atoms with Crippen molar-refractivity contribution in [3.63, 3.8) is 0 Å². The average Bonchev–Trinajstić information content (AvgIpc) is 3.36. The van der Waals surface area contributed by atoms with Crippen molar-refractivity contribution in [2.24, 2.45) is 0 Å². The van der Waals surface area contributed by atoms with Crippen LogP contribution in [0, 0.1) is 0 Å². The largest absolute Gasteiger partial charge is 0.506 e. The third kappa shape index (κ3) is 4.42. The number of carbonyl (C=O) groups excluding carboxylic acids is 1. The number of thiazole rings is 1. The Morgan fingerprint density at radius 3 is 2.58 bits per heavy atom. The van der Waals surface area contributed by atoms with Crippen molar-refractivity contribution in [1.29, 1.82) is 0 Å². The number of aromatic hydroxyl groups is 1. The van der Waals surface area contributed by atoms with Gasteiger partial charge in [0.15, 0.2) is 0 Å². The highest BCUT2D eigenvalue weighted by Crippen LogP contribution is 2.33. The molecule has 31 heavy (non-hydrogen) atoms. The monoisotopic (exact) mass is 457 g/mol. The van der Waals surface area contributed by atoms with E-state index in [1.807, 2.05) is 12.1 Å². The number of hydrogen-bond acceptors (Lipinski definition) is 6. The van der Waals surface area contributed by atoms with Gasteiger partial charge in [-0.05, 0) is 36.1 Å². The van der Waals surface area contributed by atoms with E-state index in [-0.39, 0.29) is 22.9 Å². The molecule has 162 valence electrons. The van der Waals surface area contributed by atoms with Crippen molar-refractivity contribution in [3.8, 4) is 16.3 Å². The third-order valence-corrected chi connectivity index (χ3v) is 7.94. The summed E-state index contributed by atoms with van der Waals surface area (Å²) < 4.78 is 25.6. The van der Waals surface area contributed by atoms with Gasteiger partial charge in [-0.2, -0.15) is 0 Å². The lowest BCUT2D eigenvalue weighted by Gasteiger charge is -2.18.